The molecule has 4 N–H and O–H groups in total. The van der Waals surface area contributed by atoms with Gasteiger partial charge in [0.25, 0.3) is 0 Å². The Balaban J connectivity index is 1.71. The molecule has 4 rings (SSSR count). The van der Waals surface area contributed by atoms with E-state index >= 15 is 0 Å². The molecule has 6 nitrogen and oxygen atoms in total. The van der Waals surface area contributed by atoms with Crippen molar-refractivity contribution >= 4 is 27.4 Å². The van der Waals surface area contributed by atoms with Gasteiger partial charge in [0.05, 0.1) is 16.1 Å². The molecule has 10 heteroatoms. The Morgan fingerprint density at radius 3 is 2.32 bits per heavy atom. The number of nitrogens with one attached hydrogen (secondary N) is 2. The molecule has 0 heterocycles. The van der Waals surface area contributed by atoms with Crippen molar-refractivity contribution in [2.75, 3.05) is 10.6 Å². The molecule has 3 aromatic rings. The molecule has 1 saturated carbocycles. The molecule has 0 spiro atoms. The first-order chi connectivity index (χ1) is 15.9. The summed E-state index contributed by atoms with van der Waals surface area (Å²) in [5.41, 5.74) is 2.82. The number of carbonyl (C=O) groups is 1. The van der Waals surface area contributed by atoms with Gasteiger partial charge in [-0.25, -0.2) is 18.4 Å². The number of urea groups is 1. The topological polar surface area (TPSA) is 101 Å². The zero-order valence-corrected chi connectivity index (χ0v) is 18.9. The second-order valence-corrected chi connectivity index (χ2v) is 9.78. The lowest BCUT2D eigenvalue weighted by Crippen LogP contribution is -2.21. The first-order valence-corrected chi connectivity index (χ1v) is 12.0. The van der Waals surface area contributed by atoms with E-state index in [4.69, 9.17) is 5.14 Å². The number of anilines is 2. The zero-order valence-electron chi connectivity index (χ0n) is 18.1. The van der Waals surface area contributed by atoms with Crippen LogP contribution in [0.25, 0.3) is 11.1 Å². The number of hydrogen-bond acceptors (Lipinski definition) is 3. The van der Waals surface area contributed by atoms with Crippen molar-refractivity contribution < 1.29 is 26.4 Å². The van der Waals surface area contributed by atoms with Crippen molar-refractivity contribution in [1.82, 2.24) is 0 Å². The van der Waals surface area contributed by atoms with Crippen molar-refractivity contribution in [1.29, 1.82) is 0 Å². The van der Waals surface area contributed by atoms with Crippen LogP contribution in [-0.2, 0) is 16.2 Å². The van der Waals surface area contributed by atoms with Gasteiger partial charge in [0.15, 0.2) is 0 Å². The number of amides is 2. The maximum Gasteiger partial charge on any atom is 0.416 e. The van der Waals surface area contributed by atoms with Crippen molar-refractivity contribution in [3.8, 4) is 11.1 Å². The molecule has 0 saturated heterocycles. The number of sulfonamides is 1. The third-order valence-corrected chi connectivity index (χ3v) is 6.53. The molecule has 1 fully saturated rings. The minimum atomic E-state index is -4.56. The summed E-state index contributed by atoms with van der Waals surface area (Å²) in [6.07, 6.45) is -2.49. The molecule has 1 aliphatic rings. The first-order valence-electron chi connectivity index (χ1n) is 10.5. The van der Waals surface area contributed by atoms with Crippen molar-refractivity contribution in [3.05, 3.63) is 77.4 Å². The van der Waals surface area contributed by atoms with Crippen LogP contribution >= 0.6 is 0 Å². The second kappa shape index (κ2) is 8.77. The normalized spacial score (nSPS) is 14.0. The number of halogens is 3. The van der Waals surface area contributed by atoms with Crippen LogP contribution in [0.4, 0.5) is 29.3 Å². The molecule has 0 bridgehead atoms. The average Bonchev–Trinajstić information content (AvgIpc) is 3.57. The van der Waals surface area contributed by atoms with Crippen LogP contribution in [0.3, 0.4) is 0 Å². The van der Waals surface area contributed by atoms with Crippen molar-refractivity contribution in [2.24, 2.45) is 5.14 Å². The molecular weight excluding hydrogens is 467 g/mol. The van der Waals surface area contributed by atoms with E-state index < -0.39 is 27.8 Å². The fourth-order valence-electron chi connectivity index (χ4n) is 3.93. The highest BCUT2D eigenvalue weighted by atomic mass is 32.2. The van der Waals surface area contributed by atoms with Crippen LogP contribution in [-0.4, -0.2) is 14.4 Å². The van der Waals surface area contributed by atoms with Crippen LogP contribution < -0.4 is 15.8 Å². The quantitative estimate of drug-likeness (QED) is 0.419. The fraction of sp³-hybridized carbons (Fsp3) is 0.208. The monoisotopic (exact) mass is 489 g/mol. The molecule has 1 aliphatic carbocycles. The molecule has 178 valence electrons. The Morgan fingerprint density at radius 1 is 0.971 bits per heavy atom. The lowest BCUT2D eigenvalue weighted by molar-refractivity contribution is -0.137. The summed E-state index contributed by atoms with van der Waals surface area (Å²) in [6, 6.07) is 13.3. The van der Waals surface area contributed by atoms with E-state index in [1.807, 2.05) is 25.1 Å². The maximum absolute atomic E-state index is 13.0. The van der Waals surface area contributed by atoms with Gasteiger partial charge in [-0.2, -0.15) is 13.2 Å². The first kappa shape index (κ1) is 23.8. The Hall–Kier alpha value is -3.37. The van der Waals surface area contributed by atoms with Gasteiger partial charge >= 0.3 is 12.2 Å². The van der Waals surface area contributed by atoms with Gasteiger partial charge < -0.3 is 10.6 Å². The van der Waals surface area contributed by atoms with Crippen LogP contribution in [0.1, 0.15) is 35.4 Å². The molecule has 34 heavy (non-hydrogen) atoms. The summed E-state index contributed by atoms with van der Waals surface area (Å²) < 4.78 is 62.8. The van der Waals surface area contributed by atoms with Crippen LogP contribution in [0, 0.1) is 6.92 Å². The number of hydrogen-bond donors (Lipinski definition) is 3. The largest absolute Gasteiger partial charge is 0.416 e. The number of carbonyl (C=O) groups excluding carboxylic acids is 1. The molecule has 0 atom stereocenters. The van der Waals surface area contributed by atoms with Gasteiger partial charge in [0, 0.05) is 11.3 Å². The number of primary sulfonamides is 1. The van der Waals surface area contributed by atoms with Gasteiger partial charge in [-0.3, -0.25) is 0 Å². The third-order valence-electron chi connectivity index (χ3n) is 5.62. The van der Waals surface area contributed by atoms with E-state index in [0.29, 0.717) is 11.5 Å². The average molecular weight is 490 g/mol. The predicted molar refractivity (Wildman–Crippen MR) is 124 cm³/mol. The smallest absolute Gasteiger partial charge is 0.308 e. The Morgan fingerprint density at radius 2 is 1.68 bits per heavy atom. The number of alkyl halides is 3. The zero-order chi connectivity index (χ0) is 24.7. The number of nitrogens with two attached hydrogens (primary N) is 1. The highest BCUT2D eigenvalue weighted by Gasteiger charge is 2.31. The second-order valence-electron chi connectivity index (χ2n) is 8.22. The van der Waals surface area contributed by atoms with Crippen molar-refractivity contribution in [3.63, 3.8) is 0 Å². The van der Waals surface area contributed by atoms with Gasteiger partial charge in [0.1, 0.15) is 0 Å². The summed E-state index contributed by atoms with van der Waals surface area (Å²) >= 11 is 0. The van der Waals surface area contributed by atoms with E-state index in [2.05, 4.69) is 10.6 Å². The Bertz CT molecular complexity index is 1370. The number of aryl methyl sites for hydroxylation is 1. The molecule has 0 unspecified atom stereocenters. The standard InChI is InChI=1S/C24H22F3N3O3S/c1-14-4-2-7-20(22(14)15-8-9-15)19-11-10-18(34(28,32)33)13-21(19)30-23(31)29-17-6-3-5-16(12-17)24(25,26)27/h2-7,10-13,15H,8-9H2,1H3,(H2,28,32,33)(H2,29,30,31). The van der Waals surface area contributed by atoms with E-state index in [1.54, 1.807) is 6.07 Å². The summed E-state index contributed by atoms with van der Waals surface area (Å²) in [5, 5.41) is 10.2. The summed E-state index contributed by atoms with van der Waals surface area (Å²) in [5.74, 6) is 0.376. The Kier molecular flexibility index (Phi) is 6.13. The van der Waals surface area contributed by atoms with Gasteiger partial charge in [-0.1, -0.05) is 30.3 Å². The molecule has 0 aromatic heterocycles. The van der Waals surface area contributed by atoms with E-state index in [9.17, 15) is 26.4 Å². The third kappa shape index (κ3) is 5.23. The lowest BCUT2D eigenvalue weighted by Gasteiger charge is -2.18. The molecule has 0 radical (unpaired) electrons. The van der Waals surface area contributed by atoms with E-state index in [0.717, 1.165) is 41.7 Å². The fourth-order valence-corrected chi connectivity index (χ4v) is 4.47. The van der Waals surface area contributed by atoms with E-state index in [-0.39, 0.29) is 16.3 Å². The van der Waals surface area contributed by atoms with Crippen LogP contribution in [0.5, 0.6) is 0 Å². The summed E-state index contributed by atoms with van der Waals surface area (Å²) in [4.78, 5) is 12.5. The minimum Gasteiger partial charge on any atom is -0.308 e. The van der Waals surface area contributed by atoms with Crippen LogP contribution in [0.2, 0.25) is 0 Å². The van der Waals surface area contributed by atoms with Crippen LogP contribution in [0.15, 0.2) is 65.6 Å². The molecule has 3 aromatic carbocycles. The predicted octanol–water partition coefficient (Wildman–Crippen LogP) is 5.85. The van der Waals surface area contributed by atoms with Gasteiger partial charge in [-0.15, -0.1) is 0 Å². The molecular formula is C24H22F3N3O3S. The Labute approximate surface area is 195 Å². The molecule has 0 aliphatic heterocycles. The van der Waals surface area contributed by atoms with Crippen molar-refractivity contribution in [2.45, 2.75) is 36.8 Å². The SMILES string of the molecule is Cc1cccc(-c2ccc(S(N)(=O)=O)cc2NC(=O)Nc2cccc(C(F)(F)F)c2)c1C1CC1. The highest BCUT2D eigenvalue weighted by Crippen LogP contribution is 2.47. The molecule has 2 amide bonds. The number of rotatable bonds is 5. The van der Waals surface area contributed by atoms with Gasteiger partial charge in [-0.05, 0) is 72.7 Å². The van der Waals surface area contributed by atoms with E-state index in [1.165, 1.54) is 24.3 Å². The van der Waals surface area contributed by atoms with Gasteiger partial charge in [0.2, 0.25) is 10.0 Å². The lowest BCUT2D eigenvalue weighted by atomic mass is 9.92. The highest BCUT2D eigenvalue weighted by molar-refractivity contribution is 7.89. The maximum atomic E-state index is 13.0. The number of benzene rings is 3. The summed E-state index contributed by atoms with van der Waals surface area (Å²) in [6.45, 7) is 1.99. The summed E-state index contributed by atoms with van der Waals surface area (Å²) in [7, 11) is -4.06. The minimum absolute atomic E-state index is 0.0642.